The first-order valence-corrected chi connectivity index (χ1v) is 6.47. The second-order valence-electron chi connectivity index (χ2n) is 4.36. The molecule has 0 aliphatic heterocycles. The van der Waals surface area contributed by atoms with Gasteiger partial charge < -0.3 is 5.32 Å². The molecule has 80 valence electrons. The van der Waals surface area contributed by atoms with E-state index in [-0.39, 0.29) is 5.41 Å². The van der Waals surface area contributed by atoms with Crippen molar-refractivity contribution in [1.82, 2.24) is 5.32 Å². The van der Waals surface area contributed by atoms with Crippen molar-refractivity contribution >= 4 is 38.9 Å². The van der Waals surface area contributed by atoms with Gasteiger partial charge in [0.05, 0.1) is 0 Å². The summed E-state index contributed by atoms with van der Waals surface area (Å²) in [5.41, 5.74) is 0.197. The predicted octanol–water partition coefficient (Wildman–Crippen LogP) is 4.47. The van der Waals surface area contributed by atoms with Gasteiger partial charge in [-0.2, -0.15) is 0 Å². The van der Waals surface area contributed by atoms with Crippen LogP contribution in [0.15, 0.2) is 10.5 Å². The minimum atomic E-state index is 0.197. The highest BCUT2D eigenvalue weighted by atomic mass is 79.9. The van der Waals surface area contributed by atoms with Gasteiger partial charge in [-0.1, -0.05) is 32.4 Å². The van der Waals surface area contributed by atoms with E-state index in [0.717, 1.165) is 8.81 Å². The van der Waals surface area contributed by atoms with E-state index >= 15 is 0 Å². The van der Waals surface area contributed by atoms with Crippen molar-refractivity contribution in [3.8, 4) is 0 Å². The van der Waals surface area contributed by atoms with E-state index in [2.05, 4.69) is 48.1 Å². The van der Waals surface area contributed by atoms with Gasteiger partial charge in [0.1, 0.15) is 4.34 Å². The maximum atomic E-state index is 6.02. The molecule has 1 rings (SSSR count). The second-order valence-corrected chi connectivity index (χ2v) is 6.90. The SMILES string of the molecule is CNC(c1cc(Br)c(Cl)s1)C(C)(C)C. The highest BCUT2D eigenvalue weighted by molar-refractivity contribution is 9.10. The summed E-state index contributed by atoms with van der Waals surface area (Å²) < 4.78 is 1.81. The first-order chi connectivity index (χ1) is 6.36. The Bertz CT molecular complexity index is 297. The molecule has 0 bridgehead atoms. The lowest BCUT2D eigenvalue weighted by atomic mass is 9.86. The molecule has 0 radical (unpaired) electrons. The molecule has 1 N–H and O–H groups in total. The molecule has 0 spiro atoms. The highest BCUT2D eigenvalue weighted by Gasteiger charge is 2.26. The standard InChI is InChI=1S/C10H15BrClNS/c1-10(2,3)8(13-4)7-5-6(11)9(12)14-7/h5,8,13H,1-4H3. The van der Waals surface area contributed by atoms with Crippen LogP contribution in [0, 0.1) is 5.41 Å². The zero-order valence-electron chi connectivity index (χ0n) is 8.82. The predicted molar refractivity (Wildman–Crippen MR) is 68.3 cm³/mol. The molecule has 14 heavy (non-hydrogen) atoms. The minimum absolute atomic E-state index is 0.197. The summed E-state index contributed by atoms with van der Waals surface area (Å²) in [4.78, 5) is 1.27. The van der Waals surface area contributed by atoms with Gasteiger partial charge in [-0.15, -0.1) is 11.3 Å². The third kappa shape index (κ3) is 2.72. The third-order valence-electron chi connectivity index (χ3n) is 2.10. The van der Waals surface area contributed by atoms with E-state index in [9.17, 15) is 0 Å². The van der Waals surface area contributed by atoms with E-state index in [0.29, 0.717) is 6.04 Å². The molecule has 1 nitrogen and oxygen atoms in total. The summed E-state index contributed by atoms with van der Waals surface area (Å²) in [6, 6.07) is 2.44. The first-order valence-electron chi connectivity index (χ1n) is 4.48. The molecule has 4 heteroatoms. The molecule has 1 aromatic rings. The van der Waals surface area contributed by atoms with Crippen LogP contribution >= 0.6 is 38.9 Å². The fraction of sp³-hybridized carbons (Fsp3) is 0.600. The van der Waals surface area contributed by atoms with Gasteiger partial charge >= 0.3 is 0 Å². The van der Waals surface area contributed by atoms with Crippen LogP contribution in [0.2, 0.25) is 4.34 Å². The Labute approximate surface area is 103 Å². The summed E-state index contributed by atoms with van der Waals surface area (Å²) in [6.45, 7) is 6.65. The second kappa shape index (κ2) is 4.52. The zero-order valence-corrected chi connectivity index (χ0v) is 12.0. The normalized spacial score (nSPS) is 14.4. The zero-order chi connectivity index (χ0) is 10.9. The molecule has 1 aromatic heterocycles. The lowest BCUT2D eigenvalue weighted by molar-refractivity contribution is 0.291. The van der Waals surface area contributed by atoms with Gasteiger partial charge in [0.25, 0.3) is 0 Å². The Morgan fingerprint density at radius 1 is 1.50 bits per heavy atom. The molecule has 0 saturated heterocycles. The van der Waals surface area contributed by atoms with Crippen LogP contribution in [0.3, 0.4) is 0 Å². The molecular weight excluding hydrogens is 282 g/mol. The van der Waals surface area contributed by atoms with Gasteiger partial charge in [-0.25, -0.2) is 0 Å². The average molecular weight is 297 g/mol. The molecule has 0 aliphatic rings. The summed E-state index contributed by atoms with van der Waals surface area (Å²) >= 11 is 11.1. The van der Waals surface area contributed by atoms with E-state index in [4.69, 9.17) is 11.6 Å². The van der Waals surface area contributed by atoms with Crippen molar-refractivity contribution in [2.75, 3.05) is 7.05 Å². The largest absolute Gasteiger partial charge is 0.312 e. The molecule has 0 aliphatic carbocycles. The summed E-state index contributed by atoms with van der Waals surface area (Å²) in [7, 11) is 1.98. The van der Waals surface area contributed by atoms with Crippen molar-refractivity contribution in [1.29, 1.82) is 0 Å². The maximum absolute atomic E-state index is 6.02. The fourth-order valence-electron chi connectivity index (χ4n) is 1.51. The van der Waals surface area contributed by atoms with Gasteiger partial charge in [0.2, 0.25) is 0 Å². The van der Waals surface area contributed by atoms with Crippen molar-refractivity contribution in [3.63, 3.8) is 0 Å². The summed E-state index contributed by atoms with van der Waals surface area (Å²) in [5, 5.41) is 3.33. The molecule has 1 unspecified atom stereocenters. The lowest BCUT2D eigenvalue weighted by Crippen LogP contribution is -2.28. The minimum Gasteiger partial charge on any atom is -0.312 e. The Kier molecular flexibility index (Phi) is 4.03. The monoisotopic (exact) mass is 295 g/mol. The average Bonchev–Trinajstić information content (AvgIpc) is 2.30. The van der Waals surface area contributed by atoms with Crippen molar-refractivity contribution < 1.29 is 0 Å². The first kappa shape index (κ1) is 12.5. The van der Waals surface area contributed by atoms with Crippen LogP contribution in [0.25, 0.3) is 0 Å². The van der Waals surface area contributed by atoms with Crippen LogP contribution in [0.4, 0.5) is 0 Å². The molecule has 0 amide bonds. The van der Waals surface area contributed by atoms with Gasteiger partial charge in [0.15, 0.2) is 0 Å². The number of halogens is 2. The van der Waals surface area contributed by atoms with Crippen molar-refractivity contribution in [3.05, 3.63) is 19.8 Å². The quantitative estimate of drug-likeness (QED) is 0.849. The summed E-state index contributed by atoms with van der Waals surface area (Å²) in [6.07, 6.45) is 0. The molecule has 0 saturated carbocycles. The highest BCUT2D eigenvalue weighted by Crippen LogP contribution is 2.41. The number of thiophene rings is 1. The van der Waals surface area contributed by atoms with E-state index in [1.165, 1.54) is 4.88 Å². The van der Waals surface area contributed by atoms with E-state index < -0.39 is 0 Å². The van der Waals surface area contributed by atoms with Crippen LogP contribution in [0.1, 0.15) is 31.7 Å². The lowest BCUT2D eigenvalue weighted by Gasteiger charge is -2.29. The van der Waals surface area contributed by atoms with Crippen LogP contribution in [-0.2, 0) is 0 Å². The third-order valence-corrected chi connectivity index (χ3v) is 4.64. The number of rotatable bonds is 2. The van der Waals surface area contributed by atoms with Gasteiger partial charge in [-0.05, 0) is 34.5 Å². The Balaban J connectivity index is 3.01. The number of hydrogen-bond donors (Lipinski definition) is 1. The van der Waals surface area contributed by atoms with Gasteiger partial charge in [0, 0.05) is 15.4 Å². The Hall–Kier alpha value is 0.430. The molecule has 0 fully saturated rings. The Morgan fingerprint density at radius 2 is 2.07 bits per heavy atom. The van der Waals surface area contributed by atoms with Crippen molar-refractivity contribution in [2.24, 2.45) is 5.41 Å². The van der Waals surface area contributed by atoms with Gasteiger partial charge in [-0.3, -0.25) is 0 Å². The van der Waals surface area contributed by atoms with Crippen LogP contribution < -0.4 is 5.32 Å². The number of hydrogen-bond acceptors (Lipinski definition) is 2. The fourth-order valence-corrected chi connectivity index (χ4v) is 3.60. The smallest absolute Gasteiger partial charge is 0.107 e. The van der Waals surface area contributed by atoms with Crippen molar-refractivity contribution in [2.45, 2.75) is 26.8 Å². The molecule has 1 atom stereocenters. The Morgan fingerprint density at radius 3 is 2.36 bits per heavy atom. The maximum Gasteiger partial charge on any atom is 0.107 e. The number of nitrogens with one attached hydrogen (secondary N) is 1. The molecule has 1 heterocycles. The van der Waals surface area contributed by atoms with Crippen LogP contribution in [0.5, 0.6) is 0 Å². The van der Waals surface area contributed by atoms with Crippen LogP contribution in [-0.4, -0.2) is 7.05 Å². The molecular formula is C10H15BrClNS. The van der Waals surface area contributed by atoms with E-state index in [1.807, 2.05) is 7.05 Å². The summed E-state index contributed by atoms with van der Waals surface area (Å²) in [5.74, 6) is 0. The van der Waals surface area contributed by atoms with E-state index in [1.54, 1.807) is 11.3 Å². The topological polar surface area (TPSA) is 12.0 Å². The molecule has 0 aromatic carbocycles.